The molecule has 3 rings (SSSR count). The lowest BCUT2D eigenvalue weighted by Crippen LogP contribution is -2.39. The van der Waals surface area contributed by atoms with Crippen LogP contribution in [0.1, 0.15) is 0 Å². The van der Waals surface area contributed by atoms with Crippen LogP contribution in [0.3, 0.4) is 0 Å². The number of fused-ring (bicyclic) bond motifs is 3. The maximum Gasteiger partial charge on any atom is 0.240 e. The van der Waals surface area contributed by atoms with Crippen LogP contribution in [0.2, 0.25) is 0 Å². The number of benzene rings is 2. The molecule has 2 aromatic rings. The highest BCUT2D eigenvalue weighted by atomic mass is 28.3. The minimum atomic E-state index is -1.36. The zero-order valence-electron chi connectivity index (χ0n) is 8.60. The molecule has 0 saturated carbocycles. The minimum Gasteiger partial charge on any atom is -0.414 e. The fraction of sp³-hybridized carbons (Fsp3) is 0.0769. The van der Waals surface area contributed by atoms with E-state index in [0.29, 0.717) is 0 Å². The number of hydrogen-bond donors (Lipinski definition) is 0. The van der Waals surface area contributed by atoms with Gasteiger partial charge >= 0.3 is 0 Å². The van der Waals surface area contributed by atoms with Crippen LogP contribution in [-0.2, 0) is 4.43 Å². The summed E-state index contributed by atoms with van der Waals surface area (Å²) in [7, 11) is 0.474. The Balaban J connectivity index is 2.31. The molecular weight excluding hydrogens is 200 g/mol. The summed E-state index contributed by atoms with van der Waals surface area (Å²) < 4.78 is 5.70. The van der Waals surface area contributed by atoms with Gasteiger partial charge in [-0.25, -0.2) is 0 Å². The van der Waals surface area contributed by atoms with Gasteiger partial charge in [-0.05, 0) is 21.5 Å². The highest BCUT2D eigenvalue weighted by Crippen LogP contribution is 2.22. The van der Waals surface area contributed by atoms with Gasteiger partial charge in [-0.1, -0.05) is 48.5 Å². The maximum absolute atomic E-state index is 5.70. The molecule has 0 unspecified atom stereocenters. The summed E-state index contributed by atoms with van der Waals surface area (Å²) >= 11 is 0. The molecule has 0 saturated heterocycles. The van der Waals surface area contributed by atoms with Crippen molar-refractivity contribution in [2.45, 2.75) is 0 Å². The second-order valence-electron chi connectivity index (χ2n) is 3.79. The highest BCUT2D eigenvalue weighted by molar-refractivity contribution is 6.84. The van der Waals surface area contributed by atoms with E-state index in [-0.39, 0.29) is 0 Å². The molecule has 2 heteroatoms. The van der Waals surface area contributed by atoms with Gasteiger partial charge in [-0.3, -0.25) is 0 Å². The van der Waals surface area contributed by atoms with Gasteiger partial charge < -0.3 is 4.43 Å². The second-order valence-corrected chi connectivity index (χ2v) is 6.27. The zero-order valence-corrected chi connectivity index (χ0v) is 9.76. The van der Waals surface area contributed by atoms with Crippen molar-refractivity contribution in [2.24, 2.45) is 0 Å². The second kappa shape index (κ2) is 3.33. The van der Waals surface area contributed by atoms with Crippen LogP contribution in [-0.4, -0.2) is 16.2 Å². The van der Waals surface area contributed by atoms with Crippen LogP contribution in [0.4, 0.5) is 0 Å². The molecule has 0 amide bonds. The minimum absolute atomic E-state index is 1.36. The standard InChI is InChI=1S/C13H12OSi/c1-14-15-12-8-4-2-6-10(12)11-7-3-5-9-13(11)15/h2-9,15H,1H3. The summed E-state index contributed by atoms with van der Waals surface area (Å²) in [4.78, 5) is 0. The first-order valence-corrected chi connectivity index (χ1v) is 6.75. The number of rotatable bonds is 1. The van der Waals surface area contributed by atoms with Gasteiger partial charge in [0.1, 0.15) is 0 Å². The van der Waals surface area contributed by atoms with Gasteiger partial charge in [-0.2, -0.15) is 0 Å². The number of hydrogen-bond acceptors (Lipinski definition) is 1. The van der Waals surface area contributed by atoms with Crippen molar-refractivity contribution in [1.29, 1.82) is 0 Å². The molecule has 0 fully saturated rings. The third-order valence-electron chi connectivity index (χ3n) is 3.01. The molecular formula is C13H12OSi. The van der Waals surface area contributed by atoms with Crippen molar-refractivity contribution in [2.75, 3.05) is 7.11 Å². The summed E-state index contributed by atoms with van der Waals surface area (Å²) in [5.41, 5.74) is 2.73. The molecule has 0 bridgehead atoms. The van der Waals surface area contributed by atoms with Crippen molar-refractivity contribution < 1.29 is 4.43 Å². The average Bonchev–Trinajstić information content (AvgIpc) is 2.63. The fourth-order valence-electron chi connectivity index (χ4n) is 2.36. The Hall–Kier alpha value is -1.38. The Bertz CT molecular complexity index is 462. The predicted molar refractivity (Wildman–Crippen MR) is 65.3 cm³/mol. The van der Waals surface area contributed by atoms with Crippen LogP contribution >= 0.6 is 0 Å². The van der Waals surface area contributed by atoms with Gasteiger partial charge in [0.25, 0.3) is 0 Å². The molecule has 0 aromatic heterocycles. The van der Waals surface area contributed by atoms with Crippen molar-refractivity contribution in [1.82, 2.24) is 0 Å². The summed E-state index contributed by atoms with van der Waals surface area (Å²) in [6.07, 6.45) is 0. The molecule has 1 nitrogen and oxygen atoms in total. The first-order valence-electron chi connectivity index (χ1n) is 5.13. The Morgan fingerprint density at radius 2 is 1.27 bits per heavy atom. The van der Waals surface area contributed by atoms with Gasteiger partial charge in [0, 0.05) is 7.11 Å². The Morgan fingerprint density at radius 1 is 0.800 bits per heavy atom. The van der Waals surface area contributed by atoms with Gasteiger partial charge in [-0.15, -0.1) is 0 Å². The van der Waals surface area contributed by atoms with Gasteiger partial charge in [0.2, 0.25) is 9.04 Å². The summed E-state index contributed by atoms with van der Waals surface area (Å²) in [6, 6.07) is 17.2. The SMILES string of the molecule is CO[SiH]1c2ccccc2-c2ccccc21. The lowest BCUT2D eigenvalue weighted by molar-refractivity contribution is 0.440. The van der Waals surface area contributed by atoms with Gasteiger partial charge in [0.15, 0.2) is 0 Å². The topological polar surface area (TPSA) is 9.23 Å². The van der Waals surface area contributed by atoms with E-state index in [0.717, 1.165) is 0 Å². The third kappa shape index (κ3) is 1.19. The Kier molecular flexibility index (Phi) is 1.97. The predicted octanol–water partition coefficient (Wildman–Crippen LogP) is 1.15. The zero-order chi connectivity index (χ0) is 10.3. The largest absolute Gasteiger partial charge is 0.414 e. The van der Waals surface area contributed by atoms with E-state index in [2.05, 4.69) is 48.5 Å². The summed E-state index contributed by atoms with van der Waals surface area (Å²) in [6.45, 7) is 0. The van der Waals surface area contributed by atoms with Crippen LogP contribution in [0.15, 0.2) is 48.5 Å². The summed E-state index contributed by atoms with van der Waals surface area (Å²) in [5.74, 6) is 0. The lowest BCUT2D eigenvalue weighted by Gasteiger charge is -2.07. The molecule has 0 atom stereocenters. The highest BCUT2D eigenvalue weighted by Gasteiger charge is 2.29. The van der Waals surface area contributed by atoms with Crippen molar-refractivity contribution in [3.63, 3.8) is 0 Å². The van der Waals surface area contributed by atoms with E-state index in [9.17, 15) is 0 Å². The monoisotopic (exact) mass is 212 g/mol. The third-order valence-corrected chi connectivity index (χ3v) is 5.62. The first kappa shape index (κ1) is 8.89. The molecule has 0 spiro atoms. The van der Waals surface area contributed by atoms with E-state index in [1.54, 1.807) is 0 Å². The smallest absolute Gasteiger partial charge is 0.240 e. The van der Waals surface area contributed by atoms with E-state index >= 15 is 0 Å². The van der Waals surface area contributed by atoms with Crippen molar-refractivity contribution in [3.8, 4) is 11.1 Å². The van der Waals surface area contributed by atoms with E-state index in [4.69, 9.17) is 4.43 Å². The molecule has 1 aliphatic heterocycles. The molecule has 1 heterocycles. The van der Waals surface area contributed by atoms with E-state index < -0.39 is 9.04 Å². The van der Waals surface area contributed by atoms with Gasteiger partial charge in [0.05, 0.1) is 0 Å². The average molecular weight is 212 g/mol. The van der Waals surface area contributed by atoms with Crippen molar-refractivity contribution >= 4 is 19.4 Å². The normalized spacial score (nSPS) is 13.7. The lowest BCUT2D eigenvalue weighted by atomic mass is 10.1. The molecule has 74 valence electrons. The molecule has 1 aliphatic rings. The van der Waals surface area contributed by atoms with E-state index in [1.807, 2.05) is 7.11 Å². The van der Waals surface area contributed by atoms with E-state index in [1.165, 1.54) is 21.5 Å². The van der Waals surface area contributed by atoms with Crippen LogP contribution in [0.25, 0.3) is 11.1 Å². The maximum atomic E-state index is 5.70. The summed E-state index contributed by atoms with van der Waals surface area (Å²) in [5, 5.41) is 2.84. The molecule has 0 radical (unpaired) electrons. The van der Waals surface area contributed by atoms with Crippen LogP contribution < -0.4 is 10.4 Å². The first-order chi connectivity index (χ1) is 7.42. The van der Waals surface area contributed by atoms with Crippen LogP contribution in [0, 0.1) is 0 Å². The van der Waals surface area contributed by atoms with Crippen molar-refractivity contribution in [3.05, 3.63) is 48.5 Å². The molecule has 15 heavy (non-hydrogen) atoms. The molecule has 0 N–H and O–H groups in total. The molecule has 2 aromatic carbocycles. The quantitative estimate of drug-likeness (QED) is 0.644. The Labute approximate surface area is 91.1 Å². The Morgan fingerprint density at radius 3 is 1.73 bits per heavy atom. The fourth-order valence-corrected chi connectivity index (χ4v) is 4.85. The molecule has 0 aliphatic carbocycles. The van der Waals surface area contributed by atoms with Crippen LogP contribution in [0.5, 0.6) is 0 Å².